The minimum absolute atomic E-state index is 0.00132. The summed E-state index contributed by atoms with van der Waals surface area (Å²) in [5.74, 6) is 0.143. The highest BCUT2D eigenvalue weighted by Crippen LogP contribution is 2.32. The summed E-state index contributed by atoms with van der Waals surface area (Å²) < 4.78 is 10.5. The van der Waals surface area contributed by atoms with Crippen LogP contribution in [0.1, 0.15) is 17.5 Å². The molecule has 130 valence electrons. The number of phenols is 1. The Bertz CT molecular complexity index is 785. The molecule has 1 atom stereocenters. The molecule has 2 aliphatic rings. The lowest BCUT2D eigenvalue weighted by Gasteiger charge is -2.18. The molecule has 0 spiro atoms. The van der Waals surface area contributed by atoms with Crippen molar-refractivity contribution in [3.05, 3.63) is 53.6 Å². The van der Waals surface area contributed by atoms with Gasteiger partial charge in [0.1, 0.15) is 11.8 Å². The zero-order valence-corrected chi connectivity index (χ0v) is 13.8. The number of aryl methyl sites for hydroxylation is 1. The molecule has 0 aromatic heterocycles. The Hall–Kier alpha value is -3.02. The molecule has 2 N–H and O–H groups in total. The van der Waals surface area contributed by atoms with E-state index >= 15 is 0 Å². The number of amides is 1. The van der Waals surface area contributed by atoms with Gasteiger partial charge in [0.25, 0.3) is 0 Å². The molecule has 0 radical (unpaired) electrons. The highest BCUT2D eigenvalue weighted by atomic mass is 16.5. The summed E-state index contributed by atoms with van der Waals surface area (Å²) in [6.45, 7) is 0. The van der Waals surface area contributed by atoms with Gasteiger partial charge in [-0.2, -0.15) is 0 Å². The monoisotopic (exact) mass is 341 g/mol. The van der Waals surface area contributed by atoms with Crippen LogP contribution in [0, 0.1) is 0 Å². The van der Waals surface area contributed by atoms with Crippen molar-refractivity contribution >= 4 is 11.9 Å². The van der Waals surface area contributed by atoms with Crippen molar-refractivity contribution in [2.24, 2.45) is 0 Å². The number of ether oxygens (including phenoxy) is 2. The largest absolute Gasteiger partial charge is 0.504 e. The Morgan fingerprint density at radius 2 is 1.88 bits per heavy atom. The van der Waals surface area contributed by atoms with Gasteiger partial charge in [0.2, 0.25) is 5.91 Å². The number of fused-ring (bicyclic) bond motifs is 7. The van der Waals surface area contributed by atoms with Gasteiger partial charge in [0.05, 0.1) is 7.11 Å². The molecular formula is C19H19NO5. The van der Waals surface area contributed by atoms with E-state index < -0.39 is 12.0 Å². The van der Waals surface area contributed by atoms with Crippen LogP contribution in [0.5, 0.6) is 17.2 Å². The number of methoxy groups -OCH3 is 1. The molecule has 0 aliphatic carbocycles. The lowest BCUT2D eigenvalue weighted by atomic mass is 10.0. The van der Waals surface area contributed by atoms with Crippen molar-refractivity contribution in [2.75, 3.05) is 7.11 Å². The molecule has 2 aromatic rings. The quantitative estimate of drug-likeness (QED) is 0.778. The van der Waals surface area contributed by atoms with E-state index in [-0.39, 0.29) is 30.2 Å². The molecule has 25 heavy (non-hydrogen) atoms. The van der Waals surface area contributed by atoms with Gasteiger partial charge in [-0.15, -0.1) is 0 Å². The fraction of sp³-hybridized carbons (Fsp3) is 0.263. The highest BCUT2D eigenvalue weighted by molar-refractivity contribution is 5.84. The average Bonchev–Trinajstić information content (AvgIpc) is 2.62. The molecule has 2 aliphatic heterocycles. The first-order valence-electron chi connectivity index (χ1n) is 8.01. The van der Waals surface area contributed by atoms with E-state index in [2.05, 4.69) is 5.32 Å². The molecule has 2 aromatic carbocycles. The van der Waals surface area contributed by atoms with Gasteiger partial charge in [0.15, 0.2) is 11.5 Å². The van der Waals surface area contributed by atoms with Crippen LogP contribution in [-0.4, -0.2) is 30.1 Å². The summed E-state index contributed by atoms with van der Waals surface area (Å²) in [5, 5.41) is 12.7. The summed E-state index contributed by atoms with van der Waals surface area (Å²) in [4.78, 5) is 24.2. The number of carbonyl (C=O) groups is 2. The fourth-order valence-corrected chi connectivity index (χ4v) is 2.71. The van der Waals surface area contributed by atoms with Crippen LogP contribution < -0.4 is 10.1 Å². The summed E-state index contributed by atoms with van der Waals surface area (Å²) >= 11 is 0. The number of carbonyl (C=O) groups excluding carboxylic acids is 2. The number of aromatic hydroxyl groups is 1. The van der Waals surface area contributed by atoms with Crippen LogP contribution in [0.3, 0.4) is 0 Å². The second-order valence-corrected chi connectivity index (χ2v) is 5.90. The highest BCUT2D eigenvalue weighted by Gasteiger charge is 2.23. The first kappa shape index (κ1) is 16.8. The van der Waals surface area contributed by atoms with Gasteiger partial charge in [0, 0.05) is 12.8 Å². The molecule has 0 saturated heterocycles. The standard InChI is InChI=1S/C19H19NO5/c1-24-19(23)15-10-13-4-8-16(21)17(11-13)25-14-6-2-12(3-7-14)5-9-18(22)20-15/h2-4,6-8,11,15,21H,5,9-10H2,1H3,(H,20,22). The Morgan fingerprint density at radius 3 is 2.60 bits per heavy atom. The van der Waals surface area contributed by atoms with Crippen molar-refractivity contribution in [1.82, 2.24) is 5.32 Å². The van der Waals surface area contributed by atoms with Crippen LogP contribution in [0.25, 0.3) is 0 Å². The number of nitrogens with one attached hydrogen (secondary N) is 1. The third kappa shape index (κ3) is 4.09. The van der Waals surface area contributed by atoms with Crippen molar-refractivity contribution in [1.29, 1.82) is 0 Å². The van der Waals surface area contributed by atoms with Gasteiger partial charge >= 0.3 is 5.97 Å². The molecule has 1 amide bonds. The van der Waals surface area contributed by atoms with Crippen LogP contribution in [-0.2, 0) is 27.2 Å². The third-order valence-corrected chi connectivity index (χ3v) is 4.08. The number of benzene rings is 2. The summed E-state index contributed by atoms with van der Waals surface area (Å²) in [7, 11) is 1.28. The summed E-state index contributed by atoms with van der Waals surface area (Å²) in [6, 6.07) is 11.4. The maximum atomic E-state index is 12.2. The van der Waals surface area contributed by atoms with Crippen molar-refractivity contribution in [2.45, 2.75) is 25.3 Å². The lowest BCUT2D eigenvalue weighted by Crippen LogP contribution is -2.43. The van der Waals surface area contributed by atoms with Gasteiger partial charge in [-0.3, -0.25) is 4.79 Å². The smallest absolute Gasteiger partial charge is 0.328 e. The molecule has 0 saturated carbocycles. The minimum atomic E-state index is -0.793. The molecule has 4 rings (SSSR count). The van der Waals surface area contributed by atoms with E-state index in [0.29, 0.717) is 12.2 Å². The first-order valence-corrected chi connectivity index (χ1v) is 8.01. The predicted octanol–water partition coefficient (Wildman–Crippen LogP) is 2.33. The second kappa shape index (κ2) is 7.25. The van der Waals surface area contributed by atoms with Gasteiger partial charge < -0.3 is 19.9 Å². The maximum absolute atomic E-state index is 12.2. The molecule has 6 nitrogen and oxygen atoms in total. The summed E-state index contributed by atoms with van der Waals surface area (Å²) in [6.07, 6.45) is 1.07. The van der Waals surface area contributed by atoms with E-state index in [1.165, 1.54) is 13.2 Å². The molecule has 0 fully saturated rings. The van der Waals surface area contributed by atoms with Crippen molar-refractivity contribution in [3.8, 4) is 17.2 Å². The van der Waals surface area contributed by atoms with E-state index in [1.807, 2.05) is 12.1 Å². The zero-order chi connectivity index (χ0) is 17.8. The van der Waals surface area contributed by atoms with Crippen LogP contribution in [0.4, 0.5) is 0 Å². The Kier molecular flexibility index (Phi) is 4.88. The van der Waals surface area contributed by atoms with Crippen molar-refractivity contribution in [3.63, 3.8) is 0 Å². The van der Waals surface area contributed by atoms with E-state index in [1.54, 1.807) is 24.3 Å². The molecular weight excluding hydrogens is 322 g/mol. The van der Waals surface area contributed by atoms with Crippen LogP contribution in [0.15, 0.2) is 42.5 Å². The van der Waals surface area contributed by atoms with Crippen molar-refractivity contribution < 1.29 is 24.2 Å². The number of rotatable bonds is 1. The zero-order valence-electron chi connectivity index (χ0n) is 13.8. The Morgan fingerprint density at radius 1 is 1.16 bits per heavy atom. The van der Waals surface area contributed by atoms with Gasteiger partial charge in [-0.1, -0.05) is 18.2 Å². The van der Waals surface area contributed by atoms with E-state index in [0.717, 1.165) is 11.1 Å². The average molecular weight is 341 g/mol. The number of hydrogen-bond donors (Lipinski definition) is 2. The first-order chi connectivity index (χ1) is 12.0. The normalized spacial score (nSPS) is 17.2. The van der Waals surface area contributed by atoms with E-state index in [4.69, 9.17) is 9.47 Å². The number of hydrogen-bond acceptors (Lipinski definition) is 5. The van der Waals surface area contributed by atoms with Gasteiger partial charge in [-0.25, -0.2) is 4.79 Å². The maximum Gasteiger partial charge on any atom is 0.328 e. The topological polar surface area (TPSA) is 84.9 Å². The van der Waals surface area contributed by atoms with E-state index in [9.17, 15) is 14.7 Å². The van der Waals surface area contributed by atoms with Gasteiger partial charge in [-0.05, 0) is 41.8 Å². The SMILES string of the molecule is COC(=O)C1Cc2ccc(O)c(c2)Oc2ccc(cc2)CCC(=O)N1. The summed E-state index contributed by atoms with van der Waals surface area (Å²) in [5.41, 5.74) is 1.71. The van der Waals surface area contributed by atoms with Crippen LogP contribution in [0.2, 0.25) is 0 Å². The lowest BCUT2D eigenvalue weighted by molar-refractivity contribution is -0.145. The molecule has 4 bridgehead atoms. The molecule has 2 heterocycles. The molecule has 1 unspecified atom stereocenters. The molecule has 6 heteroatoms. The Labute approximate surface area is 145 Å². The van der Waals surface area contributed by atoms with Crippen LogP contribution >= 0.6 is 0 Å². The predicted molar refractivity (Wildman–Crippen MR) is 90.6 cm³/mol. The minimum Gasteiger partial charge on any atom is -0.504 e. The number of esters is 1. The fourth-order valence-electron chi connectivity index (χ4n) is 2.71. The second-order valence-electron chi connectivity index (χ2n) is 5.90. The number of phenolic OH excluding ortho intramolecular Hbond substituents is 1. The third-order valence-electron chi connectivity index (χ3n) is 4.08. The Balaban J connectivity index is 1.98.